The summed E-state index contributed by atoms with van der Waals surface area (Å²) < 4.78 is 4.09. The predicted molar refractivity (Wildman–Crippen MR) is 114 cm³/mol. The molecule has 2 amide bonds. The summed E-state index contributed by atoms with van der Waals surface area (Å²) in [6.07, 6.45) is 4.68. The molecule has 0 saturated carbocycles. The first-order chi connectivity index (χ1) is 14.7. The third-order valence-electron chi connectivity index (χ3n) is 5.61. The quantitative estimate of drug-likeness (QED) is 0.482. The van der Waals surface area contributed by atoms with Gasteiger partial charge in [0.25, 0.3) is 11.8 Å². The van der Waals surface area contributed by atoms with Gasteiger partial charge in [-0.2, -0.15) is 0 Å². The summed E-state index contributed by atoms with van der Waals surface area (Å²) in [6.45, 7) is 2.85. The Bertz CT molecular complexity index is 1310. The van der Waals surface area contributed by atoms with Crippen molar-refractivity contribution in [1.29, 1.82) is 0 Å². The number of carbonyl (C=O) groups excluding carboxylic acids is 3. The highest BCUT2D eigenvalue weighted by Crippen LogP contribution is 2.25. The topological polar surface area (TPSA) is 85.1 Å². The molecule has 4 aromatic rings. The lowest BCUT2D eigenvalue weighted by molar-refractivity contribution is 0.0948. The fourth-order valence-corrected chi connectivity index (χ4v) is 4.24. The minimum absolute atomic E-state index is 0.0352. The Balaban J connectivity index is 0.000000130. The van der Waals surface area contributed by atoms with Crippen molar-refractivity contribution in [3.8, 4) is 0 Å². The summed E-state index contributed by atoms with van der Waals surface area (Å²) in [5, 5.41) is 7.69. The standard InChI is InChI=1S/C12H10N2O2.C11H10N2O/c15-7-8-6-14-5-4-13-12(16)10-3-1-2-9(8)11(10)14;14-11-9-3-1-2-8-4-6-13(10(8)9)7-5-12-11/h1-3,6-7H,4-5H2,(H,13,16);1-4,6H,5,7H2,(H,12,14). The number of amides is 2. The van der Waals surface area contributed by atoms with Crippen LogP contribution in [0.5, 0.6) is 0 Å². The second-order valence-corrected chi connectivity index (χ2v) is 7.36. The van der Waals surface area contributed by atoms with Crippen LogP contribution in [0.1, 0.15) is 31.1 Å². The van der Waals surface area contributed by atoms with E-state index < -0.39 is 0 Å². The van der Waals surface area contributed by atoms with E-state index in [-0.39, 0.29) is 11.8 Å². The predicted octanol–water partition coefficient (Wildman–Crippen LogP) is 2.58. The summed E-state index contributed by atoms with van der Waals surface area (Å²) in [7, 11) is 0. The molecule has 6 rings (SSSR count). The van der Waals surface area contributed by atoms with Gasteiger partial charge in [0, 0.05) is 54.9 Å². The fourth-order valence-electron chi connectivity index (χ4n) is 4.24. The fraction of sp³-hybridized carbons (Fsp3) is 0.174. The molecular weight excluding hydrogens is 380 g/mol. The average Bonchev–Trinajstić information content (AvgIpc) is 3.25. The number of rotatable bonds is 1. The Kier molecular flexibility index (Phi) is 4.35. The molecule has 0 fully saturated rings. The molecule has 30 heavy (non-hydrogen) atoms. The molecule has 0 atom stereocenters. The average molecular weight is 400 g/mol. The van der Waals surface area contributed by atoms with Crippen LogP contribution in [0.2, 0.25) is 0 Å². The second-order valence-electron chi connectivity index (χ2n) is 7.36. The smallest absolute Gasteiger partial charge is 0.253 e. The number of nitrogens with zero attached hydrogens (tertiary/aromatic N) is 2. The van der Waals surface area contributed by atoms with E-state index in [1.165, 1.54) is 0 Å². The molecule has 2 aliphatic heterocycles. The molecule has 0 spiro atoms. The highest BCUT2D eigenvalue weighted by atomic mass is 16.2. The zero-order valence-corrected chi connectivity index (χ0v) is 16.2. The summed E-state index contributed by atoms with van der Waals surface area (Å²) in [4.78, 5) is 34.4. The van der Waals surface area contributed by atoms with E-state index in [2.05, 4.69) is 21.3 Å². The zero-order valence-electron chi connectivity index (χ0n) is 16.2. The van der Waals surface area contributed by atoms with Crippen molar-refractivity contribution < 1.29 is 14.4 Å². The first-order valence-corrected chi connectivity index (χ1v) is 9.88. The molecular formula is C23H20N4O3. The maximum atomic E-state index is 11.8. The molecule has 0 unspecified atom stereocenters. The molecule has 0 radical (unpaired) electrons. The number of hydrogen-bond donors (Lipinski definition) is 2. The number of benzene rings is 2. The SMILES string of the molecule is O=C1NCCn2ccc3cccc1c32.O=Cc1cn2c3c(cccc13)C(=O)NCC2. The Morgan fingerprint density at radius 3 is 2.20 bits per heavy atom. The Morgan fingerprint density at radius 2 is 1.47 bits per heavy atom. The van der Waals surface area contributed by atoms with Crippen LogP contribution in [-0.2, 0) is 13.1 Å². The number of aldehydes is 1. The van der Waals surface area contributed by atoms with Crippen molar-refractivity contribution in [2.45, 2.75) is 13.1 Å². The monoisotopic (exact) mass is 400 g/mol. The van der Waals surface area contributed by atoms with Crippen molar-refractivity contribution in [2.75, 3.05) is 13.1 Å². The van der Waals surface area contributed by atoms with Gasteiger partial charge < -0.3 is 19.8 Å². The lowest BCUT2D eigenvalue weighted by Gasteiger charge is -2.01. The second kappa shape index (κ2) is 7.18. The third-order valence-corrected chi connectivity index (χ3v) is 5.61. The third kappa shape index (κ3) is 2.86. The molecule has 150 valence electrons. The summed E-state index contributed by atoms with van der Waals surface area (Å²) in [5.74, 6) is -0.0343. The lowest BCUT2D eigenvalue weighted by Crippen LogP contribution is -2.24. The van der Waals surface area contributed by atoms with Crippen LogP contribution in [0.25, 0.3) is 21.8 Å². The molecule has 2 N–H and O–H groups in total. The van der Waals surface area contributed by atoms with E-state index in [1.807, 2.05) is 35.0 Å². The van der Waals surface area contributed by atoms with Crippen LogP contribution in [0, 0.1) is 0 Å². The van der Waals surface area contributed by atoms with Gasteiger partial charge in [0.1, 0.15) is 0 Å². The highest BCUT2D eigenvalue weighted by Gasteiger charge is 2.19. The summed E-state index contributed by atoms with van der Waals surface area (Å²) in [5.41, 5.74) is 3.99. The van der Waals surface area contributed by atoms with Crippen molar-refractivity contribution in [3.05, 3.63) is 71.5 Å². The van der Waals surface area contributed by atoms with E-state index in [4.69, 9.17) is 0 Å². The van der Waals surface area contributed by atoms with Gasteiger partial charge in [0.05, 0.1) is 22.2 Å². The molecule has 4 heterocycles. The van der Waals surface area contributed by atoms with Gasteiger partial charge in [0.15, 0.2) is 6.29 Å². The lowest BCUT2D eigenvalue weighted by atomic mass is 10.1. The van der Waals surface area contributed by atoms with Gasteiger partial charge in [-0.1, -0.05) is 24.3 Å². The van der Waals surface area contributed by atoms with Crippen molar-refractivity contribution >= 4 is 39.9 Å². The van der Waals surface area contributed by atoms with Gasteiger partial charge in [-0.15, -0.1) is 0 Å². The van der Waals surface area contributed by atoms with Gasteiger partial charge in [-0.05, 0) is 18.2 Å². The molecule has 0 saturated heterocycles. The van der Waals surface area contributed by atoms with Gasteiger partial charge in [-0.25, -0.2) is 0 Å². The molecule has 0 bridgehead atoms. The van der Waals surface area contributed by atoms with Crippen LogP contribution in [0.4, 0.5) is 0 Å². The Labute approximate surface area is 172 Å². The Hall–Kier alpha value is -3.87. The van der Waals surface area contributed by atoms with E-state index in [0.29, 0.717) is 30.8 Å². The molecule has 7 heteroatoms. The minimum atomic E-state index is -0.0695. The number of para-hydroxylation sites is 2. The van der Waals surface area contributed by atoms with Gasteiger partial charge in [-0.3, -0.25) is 14.4 Å². The first-order valence-electron chi connectivity index (χ1n) is 9.88. The van der Waals surface area contributed by atoms with Crippen LogP contribution in [0.15, 0.2) is 54.9 Å². The number of hydrogen-bond acceptors (Lipinski definition) is 3. The molecule has 0 aliphatic carbocycles. The first kappa shape index (κ1) is 18.2. The van der Waals surface area contributed by atoms with E-state index in [0.717, 1.165) is 40.2 Å². The van der Waals surface area contributed by atoms with Crippen LogP contribution >= 0.6 is 0 Å². The molecule has 2 aliphatic rings. The molecule has 7 nitrogen and oxygen atoms in total. The van der Waals surface area contributed by atoms with E-state index >= 15 is 0 Å². The van der Waals surface area contributed by atoms with Crippen LogP contribution < -0.4 is 10.6 Å². The van der Waals surface area contributed by atoms with Crippen molar-refractivity contribution in [2.24, 2.45) is 0 Å². The summed E-state index contributed by atoms with van der Waals surface area (Å²) >= 11 is 0. The zero-order chi connectivity index (χ0) is 20.7. The maximum absolute atomic E-state index is 11.8. The van der Waals surface area contributed by atoms with Gasteiger partial charge >= 0.3 is 0 Å². The Morgan fingerprint density at radius 1 is 0.800 bits per heavy atom. The van der Waals surface area contributed by atoms with Crippen LogP contribution in [-0.4, -0.2) is 40.3 Å². The van der Waals surface area contributed by atoms with Crippen LogP contribution in [0.3, 0.4) is 0 Å². The molecule has 2 aromatic heterocycles. The number of nitrogens with one attached hydrogen (secondary N) is 2. The summed E-state index contributed by atoms with van der Waals surface area (Å²) in [6, 6.07) is 13.4. The normalized spacial score (nSPS) is 14.9. The van der Waals surface area contributed by atoms with Crippen molar-refractivity contribution in [1.82, 2.24) is 19.8 Å². The van der Waals surface area contributed by atoms with Gasteiger partial charge in [0.2, 0.25) is 0 Å². The number of aromatic nitrogens is 2. The minimum Gasteiger partial charge on any atom is -0.350 e. The highest BCUT2D eigenvalue weighted by molar-refractivity contribution is 6.10. The van der Waals surface area contributed by atoms with Crippen molar-refractivity contribution in [3.63, 3.8) is 0 Å². The maximum Gasteiger partial charge on any atom is 0.253 e. The van der Waals surface area contributed by atoms with E-state index in [9.17, 15) is 14.4 Å². The molecule has 2 aromatic carbocycles. The number of carbonyl (C=O) groups is 3. The largest absolute Gasteiger partial charge is 0.350 e. The van der Waals surface area contributed by atoms with E-state index in [1.54, 1.807) is 18.3 Å².